The maximum Gasteiger partial charge on any atom is 0.322 e. The number of hydrogen-bond donors (Lipinski definition) is 2. The summed E-state index contributed by atoms with van der Waals surface area (Å²) < 4.78 is 0. The Morgan fingerprint density at radius 1 is 1.60 bits per heavy atom. The van der Waals surface area contributed by atoms with Gasteiger partial charge in [0.2, 0.25) is 0 Å². The molecule has 1 atom stereocenters. The van der Waals surface area contributed by atoms with E-state index >= 15 is 0 Å². The van der Waals surface area contributed by atoms with Gasteiger partial charge in [-0.2, -0.15) is 0 Å². The van der Waals surface area contributed by atoms with E-state index < -0.39 is 12.0 Å². The number of hydrogen-bond acceptors (Lipinski definition) is 2. The highest BCUT2D eigenvalue weighted by Crippen LogP contribution is 1.98. The SMILES string of the molecule is [NH]C(CCCCN)C(=O)O. The molecule has 0 heterocycles. The number of rotatable bonds is 5. The van der Waals surface area contributed by atoms with Crippen LogP contribution in [-0.2, 0) is 4.79 Å². The first-order valence-corrected chi connectivity index (χ1v) is 3.32. The van der Waals surface area contributed by atoms with Crippen LogP contribution in [0.4, 0.5) is 0 Å². The van der Waals surface area contributed by atoms with Gasteiger partial charge in [-0.3, -0.25) is 4.79 Å². The van der Waals surface area contributed by atoms with Gasteiger partial charge >= 0.3 is 5.97 Å². The molecule has 4 nitrogen and oxygen atoms in total. The third kappa shape index (κ3) is 4.29. The van der Waals surface area contributed by atoms with Crippen molar-refractivity contribution in [2.24, 2.45) is 5.73 Å². The van der Waals surface area contributed by atoms with Crippen molar-refractivity contribution in [3.05, 3.63) is 0 Å². The van der Waals surface area contributed by atoms with Crippen LogP contribution in [0.25, 0.3) is 0 Å². The topological polar surface area (TPSA) is 87.1 Å². The van der Waals surface area contributed by atoms with E-state index in [0.29, 0.717) is 13.0 Å². The average molecular weight is 145 g/mol. The fourth-order valence-electron chi connectivity index (χ4n) is 0.616. The maximum atomic E-state index is 10.1. The first-order chi connectivity index (χ1) is 4.68. The smallest absolute Gasteiger partial charge is 0.322 e. The van der Waals surface area contributed by atoms with Gasteiger partial charge < -0.3 is 10.8 Å². The van der Waals surface area contributed by atoms with Crippen LogP contribution in [0, 0.1) is 0 Å². The molecule has 0 aromatic heterocycles. The number of carboxylic acids is 1. The summed E-state index contributed by atoms with van der Waals surface area (Å²) in [5, 5.41) is 8.26. The van der Waals surface area contributed by atoms with Gasteiger partial charge in [-0.25, -0.2) is 5.73 Å². The van der Waals surface area contributed by atoms with Gasteiger partial charge in [-0.15, -0.1) is 0 Å². The molecule has 0 spiro atoms. The third-order valence-corrected chi connectivity index (χ3v) is 1.25. The molecule has 0 amide bonds. The number of nitrogens with two attached hydrogens (primary N) is 1. The lowest BCUT2D eigenvalue weighted by molar-refractivity contribution is -0.138. The highest BCUT2D eigenvalue weighted by atomic mass is 16.4. The van der Waals surface area contributed by atoms with Crippen LogP contribution in [0.1, 0.15) is 19.3 Å². The zero-order valence-electron chi connectivity index (χ0n) is 5.84. The van der Waals surface area contributed by atoms with Gasteiger partial charge in [0.1, 0.15) is 6.04 Å². The molecule has 0 fully saturated rings. The predicted octanol–water partition coefficient (Wildman–Crippen LogP) is -0.149. The summed E-state index contributed by atoms with van der Waals surface area (Å²) in [7, 11) is 0. The second kappa shape index (κ2) is 5.20. The Bertz CT molecular complexity index is 106. The molecule has 0 bridgehead atoms. The fourth-order valence-corrected chi connectivity index (χ4v) is 0.616. The number of carbonyl (C=O) groups is 1. The largest absolute Gasteiger partial charge is 0.480 e. The summed E-state index contributed by atoms with van der Waals surface area (Å²) in [6.07, 6.45) is 1.95. The third-order valence-electron chi connectivity index (χ3n) is 1.25. The second-order valence-electron chi connectivity index (χ2n) is 2.18. The zero-order chi connectivity index (χ0) is 7.98. The summed E-state index contributed by atoms with van der Waals surface area (Å²) in [6.45, 7) is 0.576. The van der Waals surface area contributed by atoms with Crippen molar-refractivity contribution in [2.45, 2.75) is 25.3 Å². The van der Waals surface area contributed by atoms with E-state index in [2.05, 4.69) is 0 Å². The molecular weight excluding hydrogens is 132 g/mol. The lowest BCUT2D eigenvalue weighted by Gasteiger charge is -2.02. The second-order valence-corrected chi connectivity index (χ2v) is 2.18. The minimum Gasteiger partial charge on any atom is -0.480 e. The van der Waals surface area contributed by atoms with Crippen LogP contribution in [0.3, 0.4) is 0 Å². The average Bonchev–Trinajstić information content (AvgIpc) is 1.88. The van der Waals surface area contributed by atoms with Gasteiger partial charge in [0.15, 0.2) is 0 Å². The molecule has 0 rings (SSSR count). The molecule has 0 saturated carbocycles. The van der Waals surface area contributed by atoms with Gasteiger partial charge in [0.05, 0.1) is 0 Å². The van der Waals surface area contributed by atoms with Gasteiger partial charge in [0.25, 0.3) is 0 Å². The molecule has 0 saturated heterocycles. The summed E-state index contributed by atoms with van der Waals surface area (Å²) in [5.74, 6) is -1.04. The highest BCUT2D eigenvalue weighted by Gasteiger charge is 2.10. The van der Waals surface area contributed by atoms with E-state index in [9.17, 15) is 4.79 Å². The lowest BCUT2D eigenvalue weighted by atomic mass is 10.1. The Hall–Kier alpha value is -0.610. The Morgan fingerprint density at radius 3 is 2.60 bits per heavy atom. The summed E-state index contributed by atoms with van der Waals surface area (Å²) in [6, 6.07) is -0.966. The molecule has 0 aliphatic rings. The van der Waals surface area contributed by atoms with E-state index in [4.69, 9.17) is 16.6 Å². The standard InChI is InChI=1S/C6H13N2O2/c7-4-2-1-3-5(8)6(9)10/h5,8H,1-4,7H2,(H,9,10). The lowest BCUT2D eigenvalue weighted by Crippen LogP contribution is -2.21. The molecule has 1 radical (unpaired) electrons. The first kappa shape index (κ1) is 9.39. The van der Waals surface area contributed by atoms with Crippen molar-refractivity contribution in [3.8, 4) is 0 Å². The fraction of sp³-hybridized carbons (Fsp3) is 0.833. The minimum atomic E-state index is -1.04. The first-order valence-electron chi connectivity index (χ1n) is 3.32. The molecule has 1 unspecified atom stereocenters. The predicted molar refractivity (Wildman–Crippen MR) is 37.4 cm³/mol. The maximum absolute atomic E-state index is 10.1. The number of unbranched alkanes of at least 4 members (excludes halogenated alkanes) is 1. The van der Waals surface area contributed by atoms with Gasteiger partial charge in [0, 0.05) is 0 Å². The highest BCUT2D eigenvalue weighted by molar-refractivity contribution is 5.72. The van der Waals surface area contributed by atoms with E-state index in [0.717, 1.165) is 12.8 Å². The molecular formula is C6H13N2O2. The van der Waals surface area contributed by atoms with Crippen LogP contribution >= 0.6 is 0 Å². The van der Waals surface area contributed by atoms with Gasteiger partial charge in [-0.1, -0.05) is 0 Å². The monoisotopic (exact) mass is 145 g/mol. The molecule has 59 valence electrons. The molecule has 0 aromatic carbocycles. The Morgan fingerprint density at radius 2 is 2.20 bits per heavy atom. The van der Waals surface area contributed by atoms with Crippen LogP contribution in [-0.4, -0.2) is 23.7 Å². The van der Waals surface area contributed by atoms with E-state index in [-0.39, 0.29) is 0 Å². The van der Waals surface area contributed by atoms with Crippen LogP contribution in [0.5, 0.6) is 0 Å². The Labute approximate surface area is 60.2 Å². The van der Waals surface area contributed by atoms with Crippen molar-refractivity contribution in [1.29, 1.82) is 0 Å². The molecule has 4 heteroatoms. The molecule has 10 heavy (non-hydrogen) atoms. The van der Waals surface area contributed by atoms with Crippen molar-refractivity contribution in [3.63, 3.8) is 0 Å². The normalized spacial score (nSPS) is 13.0. The van der Waals surface area contributed by atoms with Crippen LogP contribution < -0.4 is 11.5 Å². The minimum absolute atomic E-state index is 0.409. The molecule has 0 aromatic rings. The van der Waals surface area contributed by atoms with Gasteiger partial charge in [-0.05, 0) is 25.8 Å². The summed E-state index contributed by atoms with van der Waals surface area (Å²) in [5.41, 5.74) is 12.1. The quantitative estimate of drug-likeness (QED) is 0.527. The van der Waals surface area contributed by atoms with E-state index in [1.807, 2.05) is 0 Å². The van der Waals surface area contributed by atoms with Crippen molar-refractivity contribution >= 4 is 5.97 Å². The number of aliphatic carboxylic acids is 1. The Kier molecular flexibility index (Phi) is 4.88. The van der Waals surface area contributed by atoms with Crippen molar-refractivity contribution < 1.29 is 9.90 Å². The van der Waals surface area contributed by atoms with E-state index in [1.165, 1.54) is 0 Å². The zero-order valence-corrected chi connectivity index (χ0v) is 5.84. The summed E-state index contributed by atoms with van der Waals surface area (Å²) in [4.78, 5) is 10.1. The summed E-state index contributed by atoms with van der Waals surface area (Å²) >= 11 is 0. The Balaban J connectivity index is 3.21. The number of carboxylic acid groups (broad SMARTS) is 1. The number of nitrogens with one attached hydrogen (secondary N) is 1. The van der Waals surface area contributed by atoms with Crippen LogP contribution in [0.15, 0.2) is 0 Å². The molecule has 4 N–H and O–H groups in total. The molecule has 0 aliphatic heterocycles. The van der Waals surface area contributed by atoms with Crippen molar-refractivity contribution in [2.75, 3.05) is 6.54 Å². The van der Waals surface area contributed by atoms with E-state index in [1.54, 1.807) is 0 Å². The van der Waals surface area contributed by atoms with Crippen LogP contribution in [0.2, 0.25) is 0 Å². The molecule has 0 aliphatic carbocycles. The van der Waals surface area contributed by atoms with Crippen molar-refractivity contribution in [1.82, 2.24) is 5.73 Å².